The van der Waals surface area contributed by atoms with Gasteiger partial charge in [-0.25, -0.2) is 0 Å². The van der Waals surface area contributed by atoms with Crippen molar-refractivity contribution in [1.29, 1.82) is 0 Å². The number of aryl methyl sites for hydroxylation is 2. The quantitative estimate of drug-likeness (QED) is 0.634. The van der Waals surface area contributed by atoms with Gasteiger partial charge in [0.25, 0.3) is 0 Å². The summed E-state index contributed by atoms with van der Waals surface area (Å²) in [6, 6.07) is 6.79. The first kappa shape index (κ1) is 11.2. The molecule has 2 rings (SSSR count). The topological polar surface area (TPSA) is 0 Å². The van der Waals surface area contributed by atoms with E-state index in [-0.39, 0.29) is 0 Å². The molecule has 1 aromatic rings. The largest absolute Gasteiger partial charge is 0.0735 e. The van der Waals surface area contributed by atoms with Gasteiger partial charge in [-0.05, 0) is 44.2 Å². The average molecular weight is 212 g/mol. The predicted molar refractivity (Wildman–Crippen MR) is 71.4 cm³/mol. The van der Waals surface area contributed by atoms with Gasteiger partial charge in [0, 0.05) is 0 Å². The van der Waals surface area contributed by atoms with Gasteiger partial charge in [-0.1, -0.05) is 54.0 Å². The van der Waals surface area contributed by atoms with Crippen LogP contribution in [0.3, 0.4) is 0 Å². The van der Waals surface area contributed by atoms with E-state index in [1.165, 1.54) is 34.3 Å². The summed E-state index contributed by atoms with van der Waals surface area (Å²) in [7, 11) is 0. The Balaban J connectivity index is 2.44. The first-order valence-electron chi connectivity index (χ1n) is 6.02. The van der Waals surface area contributed by atoms with Crippen molar-refractivity contribution in [2.75, 3.05) is 0 Å². The zero-order chi connectivity index (χ0) is 11.7. The number of allylic oxidation sites excluding steroid dienone is 4. The highest BCUT2D eigenvalue weighted by atomic mass is 14.2. The average Bonchev–Trinajstić information content (AvgIpc) is 2.14. The number of hydrogen-bond acceptors (Lipinski definition) is 0. The Morgan fingerprint density at radius 1 is 1.00 bits per heavy atom. The summed E-state index contributed by atoms with van der Waals surface area (Å²) in [4.78, 5) is 0. The van der Waals surface area contributed by atoms with E-state index in [1.54, 1.807) is 0 Å². The minimum Gasteiger partial charge on any atom is -0.0735 e. The Bertz CT molecular complexity index is 441. The molecular formula is C16H20. The number of benzene rings is 1. The van der Waals surface area contributed by atoms with Crippen molar-refractivity contribution in [3.05, 3.63) is 52.6 Å². The summed E-state index contributed by atoms with van der Waals surface area (Å²) in [5.74, 6) is 0.667. The molecule has 16 heavy (non-hydrogen) atoms. The fourth-order valence-corrected chi connectivity index (χ4v) is 2.57. The Morgan fingerprint density at radius 2 is 1.62 bits per heavy atom. The van der Waals surface area contributed by atoms with Crippen LogP contribution in [-0.4, -0.2) is 0 Å². The van der Waals surface area contributed by atoms with Gasteiger partial charge in [0.15, 0.2) is 0 Å². The van der Waals surface area contributed by atoms with Crippen molar-refractivity contribution >= 4 is 5.57 Å². The summed E-state index contributed by atoms with van der Waals surface area (Å²) in [6.45, 7) is 8.85. The van der Waals surface area contributed by atoms with Crippen LogP contribution in [0.25, 0.3) is 5.57 Å². The third-order valence-electron chi connectivity index (χ3n) is 3.06. The second kappa shape index (κ2) is 4.29. The van der Waals surface area contributed by atoms with Crippen LogP contribution in [0.5, 0.6) is 0 Å². The zero-order valence-electron chi connectivity index (χ0n) is 10.7. The highest BCUT2D eigenvalue weighted by Crippen LogP contribution is 2.29. The smallest absolute Gasteiger partial charge is 0.0182 e. The molecule has 0 N–H and O–H groups in total. The van der Waals surface area contributed by atoms with Crippen LogP contribution in [0.15, 0.2) is 35.9 Å². The third-order valence-corrected chi connectivity index (χ3v) is 3.06. The fraction of sp³-hybridized carbons (Fsp3) is 0.375. The number of rotatable bonds is 1. The van der Waals surface area contributed by atoms with Crippen LogP contribution >= 0.6 is 0 Å². The molecule has 0 radical (unpaired) electrons. The lowest BCUT2D eigenvalue weighted by molar-refractivity contribution is 0.710. The van der Waals surface area contributed by atoms with Crippen LogP contribution in [-0.2, 0) is 0 Å². The van der Waals surface area contributed by atoms with E-state index in [0.717, 1.165) is 0 Å². The van der Waals surface area contributed by atoms with E-state index in [2.05, 4.69) is 58.0 Å². The van der Waals surface area contributed by atoms with Crippen molar-refractivity contribution in [2.24, 2.45) is 5.92 Å². The molecule has 1 aromatic carbocycles. The normalized spacial score (nSPS) is 20.4. The summed E-state index contributed by atoms with van der Waals surface area (Å²) >= 11 is 0. The van der Waals surface area contributed by atoms with Crippen LogP contribution < -0.4 is 0 Å². The third kappa shape index (κ3) is 2.44. The van der Waals surface area contributed by atoms with Gasteiger partial charge in [0.2, 0.25) is 0 Å². The van der Waals surface area contributed by atoms with Crippen LogP contribution in [0.1, 0.15) is 37.0 Å². The monoisotopic (exact) mass is 212 g/mol. The van der Waals surface area contributed by atoms with Gasteiger partial charge in [-0.15, -0.1) is 0 Å². The lowest BCUT2D eigenvalue weighted by Gasteiger charge is -2.17. The Morgan fingerprint density at radius 3 is 2.19 bits per heavy atom. The van der Waals surface area contributed by atoms with Gasteiger partial charge in [-0.3, -0.25) is 0 Å². The Kier molecular flexibility index (Phi) is 3.00. The molecule has 1 aliphatic rings. The van der Waals surface area contributed by atoms with Crippen LogP contribution in [0.2, 0.25) is 0 Å². The van der Waals surface area contributed by atoms with E-state index >= 15 is 0 Å². The van der Waals surface area contributed by atoms with Crippen LogP contribution in [0, 0.1) is 19.8 Å². The maximum absolute atomic E-state index is 2.39. The molecule has 1 atom stereocenters. The molecule has 0 heteroatoms. The maximum Gasteiger partial charge on any atom is -0.0182 e. The highest BCUT2D eigenvalue weighted by Gasteiger charge is 2.10. The highest BCUT2D eigenvalue weighted by molar-refractivity contribution is 5.76. The van der Waals surface area contributed by atoms with Crippen molar-refractivity contribution < 1.29 is 0 Å². The lowest BCUT2D eigenvalue weighted by atomic mass is 9.88. The minimum atomic E-state index is 0.667. The minimum absolute atomic E-state index is 0.667. The van der Waals surface area contributed by atoms with E-state index in [1.807, 2.05) is 0 Å². The summed E-state index contributed by atoms with van der Waals surface area (Å²) in [6.07, 6.45) is 5.92. The standard InChI is InChI=1S/C16H20/c1-11-5-12(2)8-15(7-11)16-9-13(3)6-14(4)10-16/h5,7-10,13H,6H2,1-4H3. The number of hydrogen-bond donors (Lipinski definition) is 0. The van der Waals surface area contributed by atoms with E-state index in [0.29, 0.717) is 5.92 Å². The maximum atomic E-state index is 2.39. The van der Waals surface area contributed by atoms with Crippen molar-refractivity contribution in [3.8, 4) is 0 Å². The summed E-state index contributed by atoms with van der Waals surface area (Å²) in [5, 5.41) is 0. The molecule has 0 fully saturated rings. The molecule has 0 amide bonds. The molecule has 0 aromatic heterocycles. The first-order chi connectivity index (χ1) is 7.54. The molecule has 84 valence electrons. The van der Waals surface area contributed by atoms with E-state index < -0.39 is 0 Å². The van der Waals surface area contributed by atoms with Crippen molar-refractivity contribution in [1.82, 2.24) is 0 Å². The van der Waals surface area contributed by atoms with Gasteiger partial charge < -0.3 is 0 Å². The van der Waals surface area contributed by atoms with Gasteiger partial charge in [-0.2, -0.15) is 0 Å². The molecule has 0 saturated carbocycles. The van der Waals surface area contributed by atoms with Crippen molar-refractivity contribution in [2.45, 2.75) is 34.1 Å². The molecule has 1 unspecified atom stereocenters. The SMILES string of the molecule is CC1=CC(c2cc(C)cc(C)c2)=CC(C)C1. The molecule has 0 aliphatic heterocycles. The fourth-order valence-electron chi connectivity index (χ4n) is 2.57. The molecular weight excluding hydrogens is 192 g/mol. The van der Waals surface area contributed by atoms with Crippen LogP contribution in [0.4, 0.5) is 0 Å². The van der Waals surface area contributed by atoms with Gasteiger partial charge in [0.1, 0.15) is 0 Å². The first-order valence-corrected chi connectivity index (χ1v) is 6.02. The molecule has 0 bridgehead atoms. The molecule has 0 spiro atoms. The second-order valence-corrected chi connectivity index (χ2v) is 5.17. The van der Waals surface area contributed by atoms with E-state index in [9.17, 15) is 0 Å². The van der Waals surface area contributed by atoms with E-state index in [4.69, 9.17) is 0 Å². The van der Waals surface area contributed by atoms with Gasteiger partial charge >= 0.3 is 0 Å². The molecule has 0 heterocycles. The van der Waals surface area contributed by atoms with Crippen molar-refractivity contribution in [3.63, 3.8) is 0 Å². The second-order valence-electron chi connectivity index (χ2n) is 5.17. The molecule has 0 saturated heterocycles. The summed E-state index contributed by atoms with van der Waals surface area (Å²) < 4.78 is 0. The lowest BCUT2D eigenvalue weighted by Crippen LogP contribution is -1.99. The Labute approximate surface area is 98.7 Å². The predicted octanol–water partition coefficient (Wildman–Crippen LogP) is 4.67. The molecule has 1 aliphatic carbocycles. The summed E-state index contributed by atoms with van der Waals surface area (Å²) in [5.41, 5.74) is 6.94. The van der Waals surface area contributed by atoms with Gasteiger partial charge in [0.05, 0.1) is 0 Å². The molecule has 0 nitrogen and oxygen atoms in total. The zero-order valence-corrected chi connectivity index (χ0v) is 10.7. The Hall–Kier alpha value is -1.30.